The Kier molecular flexibility index (Phi) is 6.08. The van der Waals surface area contributed by atoms with Crippen molar-refractivity contribution in [1.82, 2.24) is 14.8 Å². The number of hydrogen-bond donors (Lipinski definition) is 1. The zero-order valence-electron chi connectivity index (χ0n) is 17.5. The first-order valence-electron chi connectivity index (χ1n) is 10.2. The van der Waals surface area contributed by atoms with E-state index in [1.165, 1.54) is 6.08 Å². The Morgan fingerprint density at radius 3 is 2.71 bits per heavy atom. The first kappa shape index (κ1) is 21.1. The van der Waals surface area contributed by atoms with Crippen LogP contribution in [0.1, 0.15) is 23.6 Å². The van der Waals surface area contributed by atoms with Gasteiger partial charge in [0.1, 0.15) is 0 Å². The molecule has 8 heteroatoms. The molecular weight excluding hydrogens is 414 g/mol. The molecule has 2 unspecified atom stereocenters. The Balaban J connectivity index is 1.39. The highest BCUT2D eigenvalue weighted by atomic mass is 32.1. The summed E-state index contributed by atoms with van der Waals surface area (Å²) in [4.78, 5) is 26.6. The fourth-order valence-corrected chi connectivity index (χ4v) is 4.67. The second-order valence-electron chi connectivity index (χ2n) is 7.85. The maximum atomic E-state index is 12.4. The van der Waals surface area contributed by atoms with Crippen molar-refractivity contribution in [1.29, 1.82) is 0 Å². The van der Waals surface area contributed by atoms with Crippen LogP contribution in [0.3, 0.4) is 0 Å². The van der Waals surface area contributed by atoms with Crippen molar-refractivity contribution in [2.75, 3.05) is 27.3 Å². The van der Waals surface area contributed by atoms with E-state index in [0.717, 1.165) is 24.2 Å². The summed E-state index contributed by atoms with van der Waals surface area (Å²) in [7, 11) is 3.15. The third kappa shape index (κ3) is 4.49. The van der Waals surface area contributed by atoms with Gasteiger partial charge in [-0.1, -0.05) is 12.1 Å². The maximum absolute atomic E-state index is 12.4. The summed E-state index contributed by atoms with van der Waals surface area (Å²) in [6.07, 6.45) is 4.19. The monoisotopic (exact) mass is 439 g/mol. The lowest BCUT2D eigenvalue weighted by molar-refractivity contribution is -0.115. The SMILES string of the molecule is COc1ccc(C=CC(=O)NC(=S)N2CC3CC(C2)c2cccc(=O)n2C3)cc1OC. The van der Waals surface area contributed by atoms with Gasteiger partial charge in [-0.3, -0.25) is 14.9 Å². The number of pyridine rings is 1. The zero-order valence-corrected chi connectivity index (χ0v) is 18.4. The number of likely N-dealkylation sites (tertiary alicyclic amines) is 1. The van der Waals surface area contributed by atoms with E-state index in [1.807, 2.05) is 27.7 Å². The Morgan fingerprint density at radius 1 is 1.13 bits per heavy atom. The molecule has 2 aliphatic heterocycles. The van der Waals surface area contributed by atoms with Crippen molar-refractivity contribution < 1.29 is 14.3 Å². The molecule has 1 aromatic heterocycles. The molecular formula is C23H25N3O4S. The molecule has 2 aromatic rings. The summed E-state index contributed by atoms with van der Waals surface area (Å²) in [5.41, 5.74) is 1.92. The molecule has 1 aromatic carbocycles. The van der Waals surface area contributed by atoms with Gasteiger partial charge in [0.2, 0.25) is 5.91 Å². The molecule has 31 heavy (non-hydrogen) atoms. The van der Waals surface area contributed by atoms with Crippen molar-refractivity contribution in [2.45, 2.75) is 18.9 Å². The smallest absolute Gasteiger partial charge is 0.250 e. The molecule has 0 aliphatic carbocycles. The molecule has 0 radical (unpaired) electrons. The lowest BCUT2D eigenvalue weighted by Crippen LogP contribution is -2.52. The number of fused-ring (bicyclic) bond motifs is 4. The highest BCUT2D eigenvalue weighted by Crippen LogP contribution is 2.35. The van der Waals surface area contributed by atoms with Crippen LogP contribution in [0.5, 0.6) is 11.5 Å². The molecule has 0 saturated carbocycles. The van der Waals surface area contributed by atoms with E-state index >= 15 is 0 Å². The Morgan fingerprint density at radius 2 is 1.94 bits per heavy atom. The molecule has 2 atom stereocenters. The predicted molar refractivity (Wildman–Crippen MR) is 122 cm³/mol. The van der Waals surface area contributed by atoms with Gasteiger partial charge in [-0.25, -0.2) is 0 Å². The predicted octanol–water partition coefficient (Wildman–Crippen LogP) is 2.40. The Hall–Kier alpha value is -3.13. The summed E-state index contributed by atoms with van der Waals surface area (Å²) in [5.74, 6) is 1.51. The summed E-state index contributed by atoms with van der Waals surface area (Å²) < 4.78 is 12.4. The van der Waals surface area contributed by atoms with Crippen LogP contribution in [0.25, 0.3) is 6.08 Å². The molecule has 1 N–H and O–H groups in total. The molecule has 2 bridgehead atoms. The van der Waals surface area contributed by atoms with Crippen molar-refractivity contribution >= 4 is 29.3 Å². The van der Waals surface area contributed by atoms with Crippen molar-refractivity contribution in [3.63, 3.8) is 0 Å². The number of methoxy groups -OCH3 is 2. The summed E-state index contributed by atoms with van der Waals surface area (Å²) in [6.45, 7) is 2.12. The van der Waals surface area contributed by atoms with Crippen LogP contribution < -0.4 is 20.3 Å². The van der Waals surface area contributed by atoms with Gasteiger partial charge in [-0.2, -0.15) is 0 Å². The standard InChI is InChI=1S/C23H25N3O4S/c1-29-19-8-6-15(11-20(19)30-2)7-9-21(27)24-23(31)25-12-16-10-17(14-25)18-4-3-5-22(28)26(18)13-16/h3-9,11,16-17H,10,12-14H2,1-2H3,(H,24,27,31). The number of aromatic nitrogens is 1. The summed E-state index contributed by atoms with van der Waals surface area (Å²) >= 11 is 5.51. The molecule has 1 amide bonds. The summed E-state index contributed by atoms with van der Waals surface area (Å²) in [5, 5.41) is 3.22. The second-order valence-corrected chi connectivity index (χ2v) is 8.23. The number of nitrogens with one attached hydrogen (secondary N) is 1. The van der Waals surface area contributed by atoms with Gasteiger partial charge in [0, 0.05) is 43.4 Å². The molecule has 3 heterocycles. The van der Waals surface area contributed by atoms with Crippen LogP contribution in [0, 0.1) is 5.92 Å². The molecule has 2 aliphatic rings. The molecule has 1 saturated heterocycles. The van der Waals surface area contributed by atoms with Gasteiger partial charge in [0.05, 0.1) is 14.2 Å². The Bertz CT molecular complexity index is 1090. The van der Waals surface area contributed by atoms with E-state index in [-0.39, 0.29) is 17.4 Å². The normalized spacial score (nSPS) is 19.6. The number of piperidine rings is 1. The number of ether oxygens (including phenoxy) is 2. The highest BCUT2D eigenvalue weighted by Gasteiger charge is 2.35. The topological polar surface area (TPSA) is 72.8 Å². The first-order chi connectivity index (χ1) is 15.0. The van der Waals surface area contributed by atoms with E-state index in [2.05, 4.69) is 5.32 Å². The van der Waals surface area contributed by atoms with E-state index in [9.17, 15) is 9.59 Å². The number of rotatable bonds is 4. The maximum Gasteiger partial charge on any atom is 0.250 e. The number of carbonyl (C=O) groups is 1. The fourth-order valence-electron chi connectivity index (χ4n) is 4.42. The number of hydrogen-bond acceptors (Lipinski definition) is 5. The van der Waals surface area contributed by atoms with E-state index in [0.29, 0.717) is 35.6 Å². The van der Waals surface area contributed by atoms with Crippen LogP contribution >= 0.6 is 12.2 Å². The highest BCUT2D eigenvalue weighted by molar-refractivity contribution is 7.80. The van der Waals surface area contributed by atoms with Crippen molar-refractivity contribution in [3.8, 4) is 11.5 Å². The molecule has 7 nitrogen and oxygen atoms in total. The number of thiocarbonyl (C=S) groups is 1. The third-order valence-electron chi connectivity index (χ3n) is 5.83. The van der Waals surface area contributed by atoms with Crippen LogP contribution in [0.15, 0.2) is 47.3 Å². The minimum absolute atomic E-state index is 0.0526. The quantitative estimate of drug-likeness (QED) is 0.583. The number of carbonyl (C=O) groups excluding carboxylic acids is 1. The zero-order chi connectivity index (χ0) is 22.0. The van der Waals surface area contributed by atoms with E-state index in [4.69, 9.17) is 21.7 Å². The average molecular weight is 440 g/mol. The van der Waals surface area contributed by atoms with Gasteiger partial charge in [0.15, 0.2) is 16.6 Å². The van der Waals surface area contributed by atoms with Crippen LogP contribution in [-0.2, 0) is 11.3 Å². The van der Waals surface area contributed by atoms with Crippen molar-refractivity contribution in [2.24, 2.45) is 5.92 Å². The molecule has 4 rings (SSSR count). The Labute approximate surface area is 186 Å². The summed E-state index contributed by atoms with van der Waals surface area (Å²) in [6, 6.07) is 10.9. The van der Waals surface area contributed by atoms with Gasteiger partial charge < -0.3 is 18.9 Å². The van der Waals surface area contributed by atoms with Gasteiger partial charge in [0.25, 0.3) is 5.56 Å². The van der Waals surface area contributed by atoms with E-state index < -0.39 is 0 Å². The molecule has 1 fully saturated rings. The fraction of sp³-hybridized carbons (Fsp3) is 0.348. The first-order valence-corrected chi connectivity index (χ1v) is 10.6. The largest absolute Gasteiger partial charge is 0.493 e. The number of amides is 1. The van der Waals surface area contributed by atoms with Crippen molar-refractivity contribution in [3.05, 3.63) is 64.1 Å². The van der Waals surface area contributed by atoms with Gasteiger partial charge in [-0.15, -0.1) is 0 Å². The lowest BCUT2D eigenvalue weighted by Gasteiger charge is -2.43. The van der Waals surface area contributed by atoms with Gasteiger partial charge in [-0.05, 0) is 54.4 Å². The second kappa shape index (κ2) is 8.93. The minimum Gasteiger partial charge on any atom is -0.493 e. The number of benzene rings is 1. The average Bonchev–Trinajstić information content (AvgIpc) is 2.78. The number of nitrogens with zero attached hydrogens (tertiary/aromatic N) is 2. The van der Waals surface area contributed by atoms with Crippen LogP contribution in [0.2, 0.25) is 0 Å². The van der Waals surface area contributed by atoms with Crippen LogP contribution in [-0.4, -0.2) is 47.8 Å². The molecule has 0 spiro atoms. The lowest BCUT2D eigenvalue weighted by atomic mass is 9.83. The van der Waals surface area contributed by atoms with E-state index in [1.54, 1.807) is 38.5 Å². The molecule has 162 valence electrons. The van der Waals surface area contributed by atoms with Crippen LogP contribution in [0.4, 0.5) is 0 Å². The van der Waals surface area contributed by atoms with Gasteiger partial charge >= 0.3 is 0 Å². The minimum atomic E-state index is -0.285. The third-order valence-corrected chi connectivity index (χ3v) is 6.19.